The summed E-state index contributed by atoms with van der Waals surface area (Å²) in [4.78, 5) is 22.9. The number of aromatic carboxylic acids is 1. The lowest BCUT2D eigenvalue weighted by Crippen LogP contribution is -2.13. The molecule has 0 aliphatic rings. The van der Waals surface area contributed by atoms with Crippen molar-refractivity contribution < 1.29 is 19.8 Å². The summed E-state index contributed by atoms with van der Waals surface area (Å²) in [5.74, 6) is -1.62. The van der Waals surface area contributed by atoms with E-state index in [-0.39, 0.29) is 27.0 Å². The van der Waals surface area contributed by atoms with Crippen molar-refractivity contribution >= 4 is 40.8 Å². The third-order valence-corrected chi connectivity index (χ3v) is 3.25. The first kappa shape index (κ1) is 15.2. The maximum absolute atomic E-state index is 12.0. The number of carbonyl (C=O) groups is 2. The van der Waals surface area contributed by atoms with Gasteiger partial charge < -0.3 is 15.5 Å². The number of aromatic hydroxyl groups is 1. The molecule has 2 rings (SSSR count). The zero-order valence-corrected chi connectivity index (χ0v) is 11.9. The van der Waals surface area contributed by atoms with Crippen molar-refractivity contribution in [1.29, 1.82) is 0 Å². The van der Waals surface area contributed by atoms with Gasteiger partial charge in [0.2, 0.25) is 0 Å². The van der Waals surface area contributed by atoms with Crippen molar-refractivity contribution in [2.75, 3.05) is 5.32 Å². The Balaban J connectivity index is 2.29. The van der Waals surface area contributed by atoms with Crippen LogP contribution in [0.2, 0.25) is 10.0 Å². The molecule has 0 radical (unpaired) electrons. The van der Waals surface area contributed by atoms with E-state index in [9.17, 15) is 9.59 Å². The second-order valence-corrected chi connectivity index (χ2v) is 4.94. The first-order valence-electron chi connectivity index (χ1n) is 5.71. The Kier molecular flexibility index (Phi) is 4.35. The molecule has 2 aromatic rings. The molecule has 0 fully saturated rings. The highest BCUT2D eigenvalue weighted by Crippen LogP contribution is 2.32. The van der Waals surface area contributed by atoms with Crippen molar-refractivity contribution in [3.8, 4) is 5.75 Å². The number of hydrogen-bond donors (Lipinski definition) is 3. The predicted molar refractivity (Wildman–Crippen MR) is 79.5 cm³/mol. The Bertz CT molecular complexity index is 690. The van der Waals surface area contributed by atoms with Crippen LogP contribution in [0.15, 0.2) is 36.4 Å². The van der Waals surface area contributed by atoms with Crippen molar-refractivity contribution in [3.05, 3.63) is 57.6 Å². The second-order valence-electron chi connectivity index (χ2n) is 4.12. The first-order valence-corrected chi connectivity index (χ1v) is 6.47. The van der Waals surface area contributed by atoms with Crippen LogP contribution in [-0.2, 0) is 0 Å². The van der Waals surface area contributed by atoms with Gasteiger partial charge in [-0.1, -0.05) is 23.2 Å². The molecular formula is C14H9Cl2NO4. The Labute approximate surface area is 129 Å². The number of hydrogen-bond acceptors (Lipinski definition) is 3. The molecule has 0 atom stereocenters. The van der Waals surface area contributed by atoms with Crippen LogP contribution in [0, 0.1) is 0 Å². The Morgan fingerprint density at radius 2 is 1.48 bits per heavy atom. The lowest BCUT2D eigenvalue weighted by molar-refractivity contribution is 0.0696. The fourth-order valence-electron chi connectivity index (χ4n) is 1.61. The van der Waals surface area contributed by atoms with Crippen LogP contribution in [0.3, 0.4) is 0 Å². The average Bonchev–Trinajstić information content (AvgIpc) is 2.43. The van der Waals surface area contributed by atoms with Crippen molar-refractivity contribution in [1.82, 2.24) is 0 Å². The van der Waals surface area contributed by atoms with Crippen LogP contribution in [-0.4, -0.2) is 22.1 Å². The lowest BCUT2D eigenvalue weighted by atomic mass is 10.1. The van der Waals surface area contributed by atoms with E-state index in [1.807, 2.05) is 0 Å². The van der Waals surface area contributed by atoms with E-state index in [1.54, 1.807) is 0 Å². The predicted octanol–water partition coefficient (Wildman–Crippen LogP) is 3.65. The number of carboxylic acid groups (broad SMARTS) is 1. The third-order valence-electron chi connectivity index (χ3n) is 2.66. The van der Waals surface area contributed by atoms with Gasteiger partial charge in [0.1, 0.15) is 5.75 Å². The number of halogens is 2. The monoisotopic (exact) mass is 325 g/mol. The molecule has 0 aliphatic heterocycles. The van der Waals surface area contributed by atoms with Gasteiger partial charge in [-0.15, -0.1) is 0 Å². The summed E-state index contributed by atoms with van der Waals surface area (Å²) < 4.78 is 0. The Hall–Kier alpha value is -2.24. The van der Waals surface area contributed by atoms with Gasteiger partial charge in [-0.25, -0.2) is 4.79 Å². The minimum atomic E-state index is -1.17. The van der Waals surface area contributed by atoms with Crippen LogP contribution >= 0.6 is 23.2 Å². The molecule has 3 N–H and O–H groups in total. The molecule has 21 heavy (non-hydrogen) atoms. The van der Waals surface area contributed by atoms with E-state index in [0.29, 0.717) is 5.56 Å². The number of rotatable bonds is 3. The van der Waals surface area contributed by atoms with Crippen LogP contribution < -0.4 is 5.32 Å². The van der Waals surface area contributed by atoms with Crippen LogP contribution in [0.25, 0.3) is 0 Å². The minimum Gasteiger partial charge on any atom is -0.508 e. The maximum atomic E-state index is 12.0. The van der Waals surface area contributed by atoms with Gasteiger partial charge in [-0.2, -0.15) is 0 Å². The summed E-state index contributed by atoms with van der Waals surface area (Å²) in [5.41, 5.74) is 0.344. The molecule has 1 amide bonds. The van der Waals surface area contributed by atoms with Gasteiger partial charge in [0.25, 0.3) is 5.91 Å². The number of anilines is 1. The first-order chi connectivity index (χ1) is 9.88. The highest BCUT2D eigenvalue weighted by Gasteiger charge is 2.15. The summed E-state index contributed by atoms with van der Waals surface area (Å²) in [6.07, 6.45) is 0. The van der Waals surface area contributed by atoms with E-state index in [1.165, 1.54) is 36.4 Å². The minimum absolute atomic E-state index is 0.0204. The van der Waals surface area contributed by atoms with E-state index < -0.39 is 11.9 Å². The van der Waals surface area contributed by atoms with Crippen LogP contribution in [0.4, 0.5) is 5.69 Å². The highest BCUT2D eigenvalue weighted by atomic mass is 35.5. The molecule has 5 nitrogen and oxygen atoms in total. The molecule has 0 unspecified atom stereocenters. The molecule has 108 valence electrons. The van der Waals surface area contributed by atoms with E-state index in [0.717, 1.165) is 0 Å². The Morgan fingerprint density at radius 1 is 0.952 bits per heavy atom. The van der Waals surface area contributed by atoms with E-state index >= 15 is 0 Å². The molecule has 0 bridgehead atoms. The average molecular weight is 326 g/mol. The number of carbonyl (C=O) groups excluding carboxylic acids is 1. The summed E-state index contributed by atoms with van der Waals surface area (Å²) in [6.45, 7) is 0. The Morgan fingerprint density at radius 3 is 1.95 bits per heavy atom. The van der Waals surface area contributed by atoms with E-state index in [4.69, 9.17) is 33.4 Å². The topological polar surface area (TPSA) is 86.6 Å². The standard InChI is InChI=1S/C14H9Cl2NO4/c15-10-5-8(14(20)21)6-11(16)12(10)17-13(19)7-1-3-9(18)4-2-7/h1-6,18H,(H,17,19)(H,20,21). The number of amides is 1. The molecule has 2 aromatic carbocycles. The van der Waals surface area contributed by atoms with Crippen molar-refractivity contribution in [2.45, 2.75) is 0 Å². The maximum Gasteiger partial charge on any atom is 0.335 e. The fraction of sp³-hybridized carbons (Fsp3) is 0. The zero-order chi connectivity index (χ0) is 15.6. The summed E-state index contributed by atoms with van der Waals surface area (Å²) in [5, 5.41) is 20.6. The van der Waals surface area contributed by atoms with Crippen LogP contribution in [0.1, 0.15) is 20.7 Å². The summed E-state index contributed by atoms with van der Waals surface area (Å²) >= 11 is 11.9. The van der Waals surface area contributed by atoms with Crippen molar-refractivity contribution in [2.24, 2.45) is 0 Å². The second kappa shape index (κ2) is 6.03. The lowest BCUT2D eigenvalue weighted by Gasteiger charge is -2.10. The molecule has 0 saturated heterocycles. The highest BCUT2D eigenvalue weighted by molar-refractivity contribution is 6.40. The number of carboxylic acids is 1. The molecule has 7 heteroatoms. The van der Waals surface area contributed by atoms with Crippen LogP contribution in [0.5, 0.6) is 5.75 Å². The van der Waals surface area contributed by atoms with Gasteiger partial charge in [0.05, 0.1) is 21.3 Å². The molecule has 0 heterocycles. The quantitative estimate of drug-likeness (QED) is 0.803. The molecule has 0 aromatic heterocycles. The number of phenols is 1. The summed E-state index contributed by atoms with van der Waals surface area (Å²) in [7, 11) is 0. The van der Waals surface area contributed by atoms with E-state index in [2.05, 4.69) is 5.32 Å². The van der Waals surface area contributed by atoms with Gasteiger partial charge in [0, 0.05) is 5.56 Å². The van der Waals surface area contributed by atoms with Gasteiger partial charge >= 0.3 is 5.97 Å². The SMILES string of the molecule is O=C(O)c1cc(Cl)c(NC(=O)c2ccc(O)cc2)c(Cl)c1. The number of benzene rings is 2. The normalized spacial score (nSPS) is 10.2. The number of phenolic OH excluding ortho intramolecular Hbond substituents is 1. The molecule has 0 spiro atoms. The largest absolute Gasteiger partial charge is 0.508 e. The molecule has 0 aliphatic carbocycles. The van der Waals surface area contributed by atoms with Gasteiger partial charge in [-0.3, -0.25) is 4.79 Å². The molecular weight excluding hydrogens is 317 g/mol. The smallest absolute Gasteiger partial charge is 0.335 e. The van der Waals surface area contributed by atoms with Gasteiger partial charge in [-0.05, 0) is 36.4 Å². The third kappa shape index (κ3) is 3.45. The zero-order valence-electron chi connectivity index (χ0n) is 10.4. The number of nitrogens with one attached hydrogen (secondary N) is 1. The molecule has 0 saturated carbocycles. The fourth-order valence-corrected chi connectivity index (χ4v) is 2.20. The van der Waals surface area contributed by atoms with Gasteiger partial charge in [0.15, 0.2) is 0 Å². The van der Waals surface area contributed by atoms with Crippen molar-refractivity contribution in [3.63, 3.8) is 0 Å². The summed E-state index contributed by atoms with van der Waals surface area (Å²) in [6, 6.07) is 7.98.